The molecule has 0 bridgehead atoms. The Balaban J connectivity index is 1.23. The third kappa shape index (κ3) is 24.3. The minimum Gasteiger partial charge on any atom is -0.489 e. The van der Waals surface area contributed by atoms with Crippen LogP contribution in [0.3, 0.4) is 0 Å². The van der Waals surface area contributed by atoms with Gasteiger partial charge in [-0.3, -0.25) is 19.1 Å². The van der Waals surface area contributed by atoms with Crippen molar-refractivity contribution in [2.45, 2.75) is 95.7 Å². The normalized spacial score (nSPS) is 11.5. The van der Waals surface area contributed by atoms with Gasteiger partial charge in [0, 0.05) is 25.7 Å². The molecule has 3 rings (SSSR count). The molecule has 0 spiro atoms. The Bertz CT molecular complexity index is 1910. The summed E-state index contributed by atoms with van der Waals surface area (Å²) in [6.07, 6.45) is 10.4. The second-order valence-corrected chi connectivity index (χ2v) is 17.2. The molecule has 1 aromatic heterocycles. The van der Waals surface area contributed by atoms with Gasteiger partial charge in [-0.15, -0.1) is 0 Å². The molecule has 348 valence electrons. The smallest absolute Gasteiger partial charge is 0.329 e. The number of nitrogens with zero attached hydrogens (tertiary/aromatic N) is 1. The number of sulfonamides is 1. The third-order valence-electron chi connectivity index (χ3n) is 8.90. The first kappa shape index (κ1) is 52.2. The number of amides is 2. The maximum absolute atomic E-state index is 13.0. The Hall–Kier alpha value is -5.14. The molecule has 0 atom stereocenters. The zero-order chi connectivity index (χ0) is 45.8. The number of hydrogen-bond acceptors (Lipinski definition) is 13. The molecule has 17 nitrogen and oxygen atoms in total. The molecule has 0 saturated carbocycles. The lowest BCUT2D eigenvalue weighted by Gasteiger charge is -2.19. The number of aryl methyl sites for hydroxylation is 1. The van der Waals surface area contributed by atoms with Crippen molar-refractivity contribution < 1.29 is 61.1 Å². The fourth-order valence-electron chi connectivity index (χ4n) is 5.76. The molecule has 0 aliphatic heterocycles. The van der Waals surface area contributed by atoms with Crippen molar-refractivity contribution in [1.82, 2.24) is 15.6 Å². The molecule has 0 aliphatic carbocycles. The van der Waals surface area contributed by atoms with Crippen LogP contribution in [0.4, 0.5) is 5.82 Å². The minimum absolute atomic E-state index is 0.0483. The van der Waals surface area contributed by atoms with Gasteiger partial charge >= 0.3 is 11.9 Å². The van der Waals surface area contributed by atoms with Crippen LogP contribution in [0.5, 0.6) is 5.75 Å². The van der Waals surface area contributed by atoms with E-state index in [0.29, 0.717) is 6.42 Å². The summed E-state index contributed by atoms with van der Waals surface area (Å²) in [4.78, 5) is 50.6. The van der Waals surface area contributed by atoms with Gasteiger partial charge in [-0.1, -0.05) is 56.4 Å². The maximum atomic E-state index is 13.0. The molecular formula is C45H64N4O13S. The largest absolute Gasteiger partial charge is 0.489 e. The van der Waals surface area contributed by atoms with Crippen molar-refractivity contribution >= 4 is 39.6 Å². The van der Waals surface area contributed by atoms with Crippen LogP contribution >= 0.6 is 0 Å². The fraction of sp³-hybridized carbons (Fsp3) is 0.533. The van der Waals surface area contributed by atoms with Crippen LogP contribution in [0.1, 0.15) is 93.6 Å². The average Bonchev–Trinajstić information content (AvgIpc) is 3.24. The van der Waals surface area contributed by atoms with Crippen LogP contribution in [0.15, 0.2) is 71.8 Å². The number of rotatable bonds is 33. The predicted octanol–water partition coefficient (Wildman–Crippen LogP) is 5.46. The number of carboxylic acids is 1. The Morgan fingerprint density at radius 2 is 1.25 bits per heavy atom. The summed E-state index contributed by atoms with van der Waals surface area (Å²) in [7, 11) is -3.94. The van der Waals surface area contributed by atoms with Gasteiger partial charge in [-0.05, 0) is 87.6 Å². The number of benzene rings is 2. The number of aliphatic carboxylic acids is 1. The van der Waals surface area contributed by atoms with Crippen LogP contribution in [0.2, 0.25) is 0 Å². The van der Waals surface area contributed by atoms with E-state index in [9.17, 15) is 27.6 Å². The van der Waals surface area contributed by atoms with Crippen molar-refractivity contribution in [2.75, 3.05) is 70.7 Å². The van der Waals surface area contributed by atoms with E-state index in [0.717, 1.165) is 49.8 Å². The summed E-state index contributed by atoms with van der Waals surface area (Å²) in [5.74, 6) is -1.14. The first-order valence-corrected chi connectivity index (χ1v) is 22.8. The highest BCUT2D eigenvalue weighted by molar-refractivity contribution is 7.92. The topological polar surface area (TPSA) is 227 Å². The summed E-state index contributed by atoms with van der Waals surface area (Å²) in [6.45, 7) is 7.02. The van der Waals surface area contributed by atoms with Crippen molar-refractivity contribution in [3.05, 3.63) is 83.6 Å². The van der Waals surface area contributed by atoms with Gasteiger partial charge in [0.15, 0.2) is 0 Å². The quantitative estimate of drug-likeness (QED) is 0.0440. The molecule has 2 aromatic carbocycles. The first-order valence-electron chi connectivity index (χ1n) is 21.3. The molecule has 0 radical (unpaired) electrons. The number of nitrogens with one attached hydrogen (secondary N) is 3. The second kappa shape index (κ2) is 29.3. The van der Waals surface area contributed by atoms with Gasteiger partial charge in [0.2, 0.25) is 5.91 Å². The number of anilines is 1. The van der Waals surface area contributed by atoms with E-state index < -0.39 is 27.5 Å². The zero-order valence-corrected chi connectivity index (χ0v) is 37.5. The van der Waals surface area contributed by atoms with Gasteiger partial charge in [-0.2, -0.15) is 0 Å². The molecule has 63 heavy (non-hydrogen) atoms. The highest BCUT2D eigenvalue weighted by Gasteiger charge is 2.17. The SMILES string of the molecule is CC(C)(C)OC(=O)CCCCCCCCCc1ccc(OCc2ccc(S(=O)(=O)Nc3ccc(C(=O)NCCOCCOCC(=O)NCCOCCOCC(=O)O)cn3)cc2)cc1. The van der Waals surface area contributed by atoms with Gasteiger partial charge in [-0.25, -0.2) is 18.2 Å². The number of pyridine rings is 1. The fourth-order valence-corrected chi connectivity index (χ4v) is 6.77. The zero-order valence-electron chi connectivity index (χ0n) is 36.7. The van der Waals surface area contributed by atoms with Gasteiger partial charge in [0.1, 0.15) is 37.0 Å². The summed E-state index contributed by atoms with van der Waals surface area (Å²) >= 11 is 0. The van der Waals surface area contributed by atoms with E-state index in [1.807, 2.05) is 32.9 Å². The summed E-state index contributed by atoms with van der Waals surface area (Å²) < 4.78 is 60.5. The molecule has 2 amide bonds. The molecule has 0 aliphatic rings. The van der Waals surface area contributed by atoms with Crippen LogP contribution in [0, 0.1) is 0 Å². The lowest BCUT2D eigenvalue weighted by Crippen LogP contribution is -2.31. The van der Waals surface area contributed by atoms with E-state index in [2.05, 4.69) is 32.5 Å². The number of hydrogen-bond donors (Lipinski definition) is 4. The van der Waals surface area contributed by atoms with Crippen LogP contribution in [-0.2, 0) is 61.1 Å². The molecule has 0 saturated heterocycles. The van der Waals surface area contributed by atoms with Gasteiger partial charge < -0.3 is 44.2 Å². The molecule has 1 heterocycles. The summed E-state index contributed by atoms with van der Waals surface area (Å²) in [5, 5.41) is 13.8. The van der Waals surface area contributed by atoms with E-state index in [1.54, 1.807) is 12.1 Å². The molecule has 0 unspecified atom stereocenters. The van der Waals surface area contributed by atoms with Crippen LogP contribution < -0.4 is 20.1 Å². The first-order chi connectivity index (χ1) is 30.2. The van der Waals surface area contributed by atoms with Crippen molar-refractivity contribution in [1.29, 1.82) is 0 Å². The number of aromatic nitrogens is 1. The Morgan fingerprint density at radius 3 is 1.87 bits per heavy atom. The third-order valence-corrected chi connectivity index (χ3v) is 10.3. The standard InChI is InChI=1S/C45H64N4O13S/c1-45(2,3)62-43(53)12-10-8-6-4-5-7-9-11-35-13-18-38(19-14-35)61-32-36-15-20-39(21-16-36)63(55,56)49-40-22-17-37(31-48-40)44(54)47-24-26-58-27-29-59-33-41(50)46-23-25-57-28-30-60-34-42(51)52/h13-22,31H,4-12,23-30,32-34H2,1-3H3,(H,46,50)(H,47,54)(H,48,49)(H,51,52). The van der Waals surface area contributed by atoms with E-state index in [4.69, 9.17) is 33.5 Å². The second-order valence-electron chi connectivity index (χ2n) is 15.5. The molecule has 4 N–H and O–H groups in total. The van der Waals surface area contributed by atoms with E-state index in [1.165, 1.54) is 48.9 Å². The van der Waals surface area contributed by atoms with Gasteiger partial charge in [0.05, 0.1) is 50.1 Å². The van der Waals surface area contributed by atoms with Crippen LogP contribution in [-0.4, -0.2) is 114 Å². The van der Waals surface area contributed by atoms with Crippen molar-refractivity contribution in [3.63, 3.8) is 0 Å². The average molecular weight is 901 g/mol. The minimum atomic E-state index is -3.94. The summed E-state index contributed by atoms with van der Waals surface area (Å²) in [5.41, 5.74) is 1.86. The molecule has 0 fully saturated rings. The molecule has 3 aromatic rings. The highest BCUT2D eigenvalue weighted by atomic mass is 32.2. The molecular weight excluding hydrogens is 837 g/mol. The number of ether oxygens (including phenoxy) is 6. The Morgan fingerprint density at radius 1 is 0.667 bits per heavy atom. The summed E-state index contributed by atoms with van der Waals surface area (Å²) in [6, 6.07) is 17.3. The number of carboxylic acid groups (broad SMARTS) is 1. The lowest BCUT2D eigenvalue weighted by molar-refractivity contribution is -0.155. The maximum Gasteiger partial charge on any atom is 0.329 e. The van der Waals surface area contributed by atoms with Crippen molar-refractivity contribution in [2.24, 2.45) is 0 Å². The number of unbranched alkanes of at least 4 members (excludes halogenated alkanes) is 6. The number of carbonyl (C=O) groups excluding carboxylic acids is 3. The van der Waals surface area contributed by atoms with Crippen molar-refractivity contribution in [3.8, 4) is 5.75 Å². The van der Waals surface area contributed by atoms with E-state index >= 15 is 0 Å². The van der Waals surface area contributed by atoms with E-state index in [-0.39, 0.29) is 101 Å². The molecule has 18 heteroatoms. The van der Waals surface area contributed by atoms with Crippen LogP contribution in [0.25, 0.3) is 0 Å². The lowest BCUT2D eigenvalue weighted by atomic mass is 10.0. The number of esters is 1. The Labute approximate surface area is 371 Å². The Kier molecular flexibility index (Phi) is 24.3. The number of carbonyl (C=O) groups is 4. The van der Waals surface area contributed by atoms with Gasteiger partial charge in [0.25, 0.3) is 15.9 Å². The monoisotopic (exact) mass is 900 g/mol. The predicted molar refractivity (Wildman–Crippen MR) is 235 cm³/mol. The highest BCUT2D eigenvalue weighted by Crippen LogP contribution is 2.20.